The van der Waals surface area contributed by atoms with Crippen LogP contribution in [0.25, 0.3) is 0 Å². The van der Waals surface area contributed by atoms with E-state index < -0.39 is 0 Å². The third kappa shape index (κ3) is 5.94. The van der Waals surface area contributed by atoms with Crippen LogP contribution < -0.4 is 10.6 Å². The van der Waals surface area contributed by atoms with Gasteiger partial charge in [0, 0.05) is 26.7 Å². The minimum Gasteiger partial charge on any atom is -0.350 e. The van der Waals surface area contributed by atoms with E-state index in [1.54, 1.807) is 19.0 Å². The number of aryl methyl sites for hydroxylation is 1. The summed E-state index contributed by atoms with van der Waals surface area (Å²) in [5.41, 5.74) is 2.85. The van der Waals surface area contributed by atoms with Crippen LogP contribution in [-0.2, 0) is 20.1 Å². The van der Waals surface area contributed by atoms with E-state index in [1.165, 1.54) is 5.56 Å². The van der Waals surface area contributed by atoms with Gasteiger partial charge >= 0.3 is 0 Å². The first-order valence-corrected chi connectivity index (χ1v) is 10.6. The highest BCUT2D eigenvalue weighted by atomic mass is 16.2. The molecule has 2 aromatic carbocycles. The molecule has 0 radical (unpaired) electrons. The number of benzene rings is 2. The lowest BCUT2D eigenvalue weighted by molar-refractivity contribution is 0.0827. The molecule has 0 saturated carbocycles. The molecule has 8 heteroatoms. The van der Waals surface area contributed by atoms with Crippen LogP contribution in [0.4, 0.5) is 0 Å². The Hall–Kier alpha value is -3.68. The number of carbonyl (C=O) groups excluding carboxylic acids is 1. The minimum absolute atomic E-state index is 0.0141. The number of aliphatic imine (C=N–C) groups is 1. The predicted octanol–water partition coefficient (Wildman–Crippen LogP) is 2.82. The molecule has 3 rings (SSSR count). The molecule has 1 amide bonds. The molecule has 0 fully saturated rings. The summed E-state index contributed by atoms with van der Waals surface area (Å²) in [5.74, 6) is 2.35. The summed E-state index contributed by atoms with van der Waals surface area (Å²) >= 11 is 0. The highest BCUT2D eigenvalue weighted by Crippen LogP contribution is 2.12. The average Bonchev–Trinajstić information content (AvgIpc) is 3.13. The first-order chi connectivity index (χ1) is 15.3. The molecular weight excluding hydrogens is 402 g/mol. The molecule has 0 spiro atoms. The maximum absolute atomic E-state index is 12.1. The second-order valence-electron chi connectivity index (χ2n) is 7.91. The molecule has 0 bridgehead atoms. The van der Waals surface area contributed by atoms with Gasteiger partial charge in [0.15, 0.2) is 11.8 Å². The molecule has 32 heavy (non-hydrogen) atoms. The van der Waals surface area contributed by atoms with Gasteiger partial charge in [0.25, 0.3) is 5.91 Å². The van der Waals surface area contributed by atoms with Crippen molar-refractivity contribution in [1.29, 1.82) is 0 Å². The normalized spacial score (nSPS) is 12.3. The Balaban J connectivity index is 1.73. The number of amides is 1. The fourth-order valence-electron chi connectivity index (χ4n) is 3.13. The van der Waals surface area contributed by atoms with Gasteiger partial charge in [0.05, 0.1) is 19.1 Å². The van der Waals surface area contributed by atoms with E-state index in [-0.39, 0.29) is 11.9 Å². The molecule has 0 aliphatic heterocycles. The standard InChI is InChI=1S/C24H31N7O/c1-17(20-9-7-6-8-10-20)27-24(26-16-22-29-28-18(2)31(22)5)25-15-19-11-13-21(14-12-19)23(32)30(3)4/h6-14,17H,15-16H2,1-5H3,(H2,25,26,27). The molecule has 1 unspecified atom stereocenters. The molecule has 0 aliphatic carbocycles. The summed E-state index contributed by atoms with van der Waals surface area (Å²) in [6.07, 6.45) is 0. The van der Waals surface area contributed by atoms with Crippen LogP contribution in [0.1, 0.15) is 46.1 Å². The van der Waals surface area contributed by atoms with Gasteiger partial charge in [0.2, 0.25) is 0 Å². The summed E-state index contributed by atoms with van der Waals surface area (Å²) < 4.78 is 1.95. The van der Waals surface area contributed by atoms with Crippen LogP contribution in [0.3, 0.4) is 0 Å². The maximum Gasteiger partial charge on any atom is 0.253 e. The second kappa shape index (κ2) is 10.6. The Morgan fingerprint density at radius 1 is 1.09 bits per heavy atom. The van der Waals surface area contributed by atoms with Crippen molar-refractivity contribution < 1.29 is 4.79 Å². The lowest BCUT2D eigenvalue weighted by Gasteiger charge is -2.19. The molecular formula is C24H31N7O. The predicted molar refractivity (Wildman–Crippen MR) is 126 cm³/mol. The van der Waals surface area contributed by atoms with E-state index in [4.69, 9.17) is 4.99 Å². The Kier molecular flexibility index (Phi) is 7.59. The molecule has 8 nitrogen and oxygen atoms in total. The zero-order valence-electron chi connectivity index (χ0n) is 19.3. The fourth-order valence-corrected chi connectivity index (χ4v) is 3.13. The number of nitrogens with zero attached hydrogens (tertiary/aromatic N) is 5. The second-order valence-corrected chi connectivity index (χ2v) is 7.91. The summed E-state index contributed by atoms with van der Waals surface area (Å²) in [6.45, 7) is 5.00. The molecule has 1 aromatic heterocycles. The van der Waals surface area contributed by atoms with E-state index in [1.807, 2.05) is 61.0 Å². The number of hydrogen-bond donors (Lipinski definition) is 2. The molecule has 1 heterocycles. The van der Waals surface area contributed by atoms with E-state index >= 15 is 0 Å². The van der Waals surface area contributed by atoms with E-state index in [0.717, 1.165) is 17.2 Å². The minimum atomic E-state index is -0.0141. The van der Waals surface area contributed by atoms with Gasteiger partial charge in [-0.05, 0) is 37.1 Å². The van der Waals surface area contributed by atoms with Crippen molar-refractivity contribution in [3.63, 3.8) is 0 Å². The average molecular weight is 434 g/mol. The van der Waals surface area contributed by atoms with Crippen LogP contribution in [0.5, 0.6) is 0 Å². The summed E-state index contributed by atoms with van der Waals surface area (Å²) in [4.78, 5) is 18.4. The summed E-state index contributed by atoms with van der Waals surface area (Å²) in [7, 11) is 5.44. The smallest absolute Gasteiger partial charge is 0.253 e. The largest absolute Gasteiger partial charge is 0.350 e. The topological polar surface area (TPSA) is 87.4 Å². The third-order valence-corrected chi connectivity index (χ3v) is 5.28. The van der Waals surface area contributed by atoms with E-state index in [0.29, 0.717) is 24.6 Å². The quantitative estimate of drug-likeness (QED) is 0.442. The highest BCUT2D eigenvalue weighted by molar-refractivity contribution is 5.93. The van der Waals surface area contributed by atoms with Crippen molar-refractivity contribution in [3.8, 4) is 0 Å². The van der Waals surface area contributed by atoms with Crippen molar-refractivity contribution in [2.75, 3.05) is 14.1 Å². The number of rotatable bonds is 7. The maximum atomic E-state index is 12.1. The zero-order valence-corrected chi connectivity index (χ0v) is 19.3. The van der Waals surface area contributed by atoms with Crippen LogP contribution in [-0.4, -0.2) is 45.6 Å². The Bertz CT molecular complexity index is 1060. The first-order valence-electron chi connectivity index (χ1n) is 10.6. The van der Waals surface area contributed by atoms with Crippen molar-refractivity contribution >= 4 is 11.9 Å². The lowest BCUT2D eigenvalue weighted by Crippen LogP contribution is -2.39. The van der Waals surface area contributed by atoms with Gasteiger partial charge in [-0.2, -0.15) is 0 Å². The SMILES string of the molecule is Cc1nnc(CNC(=NCc2ccc(C(=O)N(C)C)cc2)NC(C)c2ccccc2)n1C. The van der Waals surface area contributed by atoms with Gasteiger partial charge in [-0.25, -0.2) is 4.99 Å². The van der Waals surface area contributed by atoms with Crippen molar-refractivity contribution in [3.05, 3.63) is 82.9 Å². The first kappa shape index (κ1) is 23.0. The number of nitrogens with one attached hydrogen (secondary N) is 2. The monoisotopic (exact) mass is 433 g/mol. The van der Waals surface area contributed by atoms with Crippen molar-refractivity contribution in [2.24, 2.45) is 12.0 Å². The summed E-state index contributed by atoms with van der Waals surface area (Å²) in [5, 5.41) is 15.2. The Morgan fingerprint density at radius 3 is 2.38 bits per heavy atom. The van der Waals surface area contributed by atoms with Crippen molar-refractivity contribution in [2.45, 2.75) is 33.0 Å². The molecule has 1 atom stereocenters. The molecule has 2 N–H and O–H groups in total. The number of carbonyl (C=O) groups is 1. The van der Waals surface area contributed by atoms with E-state index in [2.05, 4.69) is 39.9 Å². The number of aromatic nitrogens is 3. The van der Waals surface area contributed by atoms with Crippen LogP contribution in [0.15, 0.2) is 59.6 Å². The lowest BCUT2D eigenvalue weighted by atomic mass is 10.1. The van der Waals surface area contributed by atoms with Crippen LogP contribution in [0, 0.1) is 6.92 Å². The van der Waals surface area contributed by atoms with Crippen LogP contribution in [0.2, 0.25) is 0 Å². The molecule has 0 aliphatic rings. The van der Waals surface area contributed by atoms with E-state index in [9.17, 15) is 4.79 Å². The van der Waals surface area contributed by atoms with Gasteiger partial charge in [0.1, 0.15) is 5.82 Å². The zero-order chi connectivity index (χ0) is 23.1. The summed E-state index contributed by atoms with van der Waals surface area (Å²) in [6, 6.07) is 17.8. The number of guanidine groups is 1. The van der Waals surface area contributed by atoms with Gasteiger partial charge in [-0.1, -0.05) is 42.5 Å². The Labute approximate surface area is 189 Å². The third-order valence-electron chi connectivity index (χ3n) is 5.28. The Morgan fingerprint density at radius 2 is 1.78 bits per heavy atom. The molecule has 3 aromatic rings. The van der Waals surface area contributed by atoms with Gasteiger partial charge in [-0.15, -0.1) is 10.2 Å². The molecule has 0 saturated heterocycles. The van der Waals surface area contributed by atoms with Crippen molar-refractivity contribution in [1.82, 2.24) is 30.3 Å². The number of hydrogen-bond acceptors (Lipinski definition) is 4. The highest BCUT2D eigenvalue weighted by Gasteiger charge is 2.11. The van der Waals surface area contributed by atoms with Gasteiger partial charge < -0.3 is 20.1 Å². The molecule has 168 valence electrons. The van der Waals surface area contributed by atoms with Crippen LogP contribution >= 0.6 is 0 Å². The van der Waals surface area contributed by atoms with Gasteiger partial charge in [-0.3, -0.25) is 4.79 Å². The fraction of sp³-hybridized carbons (Fsp3) is 0.333.